The first-order valence-electron chi connectivity index (χ1n) is 9.22. The smallest absolute Gasteiger partial charge is 0.264 e. The average Bonchev–Trinajstić information content (AvgIpc) is 3.10. The second-order valence-corrected chi connectivity index (χ2v) is 9.45. The van der Waals surface area contributed by atoms with Crippen LogP contribution >= 0.6 is 11.8 Å². The van der Waals surface area contributed by atoms with Gasteiger partial charge in [-0.15, -0.1) is 5.10 Å². The lowest BCUT2D eigenvalue weighted by Gasteiger charge is -2.34. The summed E-state index contributed by atoms with van der Waals surface area (Å²) < 4.78 is 0. The Morgan fingerprint density at radius 3 is 2.73 bits per heavy atom. The van der Waals surface area contributed by atoms with Gasteiger partial charge < -0.3 is 0 Å². The number of hydrogen-bond acceptors (Lipinski definition) is 4. The SMILES string of the molecule is Cc1cccc(/C=C2/SC(=N/N=C3/C[C@@H]4CC[C@]3(C)C4(C)C)NC2=O)c1. The Bertz CT molecular complexity index is 868. The van der Waals surface area contributed by atoms with E-state index in [2.05, 4.69) is 42.4 Å². The van der Waals surface area contributed by atoms with Gasteiger partial charge in [-0.1, -0.05) is 50.6 Å². The van der Waals surface area contributed by atoms with Crippen LogP contribution in [0.15, 0.2) is 39.4 Å². The maximum Gasteiger partial charge on any atom is 0.264 e. The number of carbonyl (C=O) groups is 1. The summed E-state index contributed by atoms with van der Waals surface area (Å²) in [6.45, 7) is 9.08. The number of benzene rings is 1. The van der Waals surface area contributed by atoms with Crippen molar-refractivity contribution in [3.05, 3.63) is 40.3 Å². The molecule has 1 saturated heterocycles. The molecule has 4 rings (SSSR count). The van der Waals surface area contributed by atoms with Crippen molar-refractivity contribution in [2.75, 3.05) is 0 Å². The van der Waals surface area contributed by atoms with Crippen molar-refractivity contribution in [1.82, 2.24) is 5.32 Å². The number of thioether (sulfide) groups is 1. The summed E-state index contributed by atoms with van der Waals surface area (Å²) in [5.74, 6) is 0.601. The van der Waals surface area contributed by atoms with Crippen LogP contribution in [-0.4, -0.2) is 16.8 Å². The van der Waals surface area contributed by atoms with Crippen molar-refractivity contribution in [1.29, 1.82) is 0 Å². The van der Waals surface area contributed by atoms with Crippen molar-refractivity contribution in [3.8, 4) is 0 Å². The van der Waals surface area contributed by atoms with E-state index in [1.807, 2.05) is 31.2 Å². The van der Waals surface area contributed by atoms with Crippen LogP contribution in [0.25, 0.3) is 6.08 Å². The average molecular weight is 368 g/mol. The number of nitrogens with one attached hydrogen (secondary N) is 1. The predicted octanol–water partition coefficient (Wildman–Crippen LogP) is 4.76. The Labute approximate surface area is 159 Å². The van der Waals surface area contributed by atoms with Gasteiger partial charge in [-0.05, 0) is 60.9 Å². The number of nitrogens with zero attached hydrogens (tertiary/aromatic N) is 2. The number of hydrogen-bond donors (Lipinski definition) is 1. The number of rotatable bonds is 2. The van der Waals surface area contributed by atoms with E-state index >= 15 is 0 Å². The molecule has 4 nitrogen and oxygen atoms in total. The number of amides is 1. The molecule has 0 radical (unpaired) electrons. The molecular formula is C21H25N3OS. The molecule has 1 heterocycles. The number of carbonyl (C=O) groups excluding carboxylic acids is 1. The highest BCUT2D eigenvalue weighted by Gasteiger charge is 2.60. The summed E-state index contributed by atoms with van der Waals surface area (Å²) >= 11 is 1.37. The Kier molecular flexibility index (Phi) is 4.10. The van der Waals surface area contributed by atoms with E-state index in [4.69, 9.17) is 0 Å². The molecular weight excluding hydrogens is 342 g/mol. The van der Waals surface area contributed by atoms with E-state index in [1.165, 1.54) is 35.9 Å². The van der Waals surface area contributed by atoms with Crippen LogP contribution < -0.4 is 5.32 Å². The fourth-order valence-electron chi connectivity index (χ4n) is 4.57. The molecule has 26 heavy (non-hydrogen) atoms. The van der Waals surface area contributed by atoms with Gasteiger partial charge in [0.25, 0.3) is 5.91 Å². The summed E-state index contributed by atoms with van der Waals surface area (Å²) in [6.07, 6.45) is 5.41. The van der Waals surface area contributed by atoms with Gasteiger partial charge in [0.05, 0.1) is 4.91 Å². The number of amidine groups is 1. The lowest BCUT2D eigenvalue weighted by molar-refractivity contribution is -0.115. The fourth-order valence-corrected chi connectivity index (χ4v) is 5.34. The van der Waals surface area contributed by atoms with E-state index in [1.54, 1.807) is 0 Å². The molecule has 1 aliphatic heterocycles. The molecule has 1 N–H and O–H groups in total. The molecule has 5 heteroatoms. The normalized spacial score (nSPS) is 34.2. The largest absolute Gasteiger partial charge is 0.299 e. The van der Waals surface area contributed by atoms with Crippen LogP contribution in [0.5, 0.6) is 0 Å². The first-order valence-corrected chi connectivity index (χ1v) is 10.0. The predicted molar refractivity (Wildman–Crippen MR) is 109 cm³/mol. The van der Waals surface area contributed by atoms with Gasteiger partial charge in [0, 0.05) is 11.1 Å². The monoisotopic (exact) mass is 367 g/mol. The third-order valence-corrected chi connectivity index (χ3v) is 7.66. The van der Waals surface area contributed by atoms with Crippen LogP contribution in [0.3, 0.4) is 0 Å². The maximum atomic E-state index is 12.2. The zero-order valence-electron chi connectivity index (χ0n) is 15.8. The number of aryl methyl sites for hydroxylation is 1. The van der Waals surface area contributed by atoms with Crippen LogP contribution in [0.4, 0.5) is 0 Å². The molecule has 0 unspecified atom stereocenters. The first kappa shape index (κ1) is 17.5. The van der Waals surface area contributed by atoms with Crippen LogP contribution in [0.1, 0.15) is 51.2 Å². The molecule has 136 valence electrons. The Morgan fingerprint density at radius 1 is 1.27 bits per heavy atom. The quantitative estimate of drug-likeness (QED) is 0.605. The van der Waals surface area contributed by atoms with E-state index in [-0.39, 0.29) is 16.7 Å². The van der Waals surface area contributed by atoms with Gasteiger partial charge in [0.2, 0.25) is 0 Å². The molecule has 2 saturated carbocycles. The molecule has 1 aromatic rings. The molecule has 3 fully saturated rings. The lowest BCUT2D eigenvalue weighted by atomic mass is 9.70. The second kappa shape index (κ2) is 6.08. The van der Waals surface area contributed by atoms with Gasteiger partial charge in [-0.25, -0.2) is 0 Å². The zero-order chi connectivity index (χ0) is 18.5. The molecule has 2 bridgehead atoms. The van der Waals surface area contributed by atoms with Gasteiger partial charge in [0.1, 0.15) is 0 Å². The molecule has 1 aromatic carbocycles. The first-order chi connectivity index (χ1) is 12.3. The van der Waals surface area contributed by atoms with E-state index in [0.29, 0.717) is 16.0 Å². The maximum absolute atomic E-state index is 12.2. The van der Waals surface area contributed by atoms with Gasteiger partial charge in [-0.2, -0.15) is 5.10 Å². The highest BCUT2D eigenvalue weighted by atomic mass is 32.2. The molecule has 3 aliphatic rings. The second-order valence-electron chi connectivity index (χ2n) is 8.42. The van der Waals surface area contributed by atoms with Crippen molar-refractivity contribution in [2.45, 2.75) is 47.0 Å². The summed E-state index contributed by atoms with van der Waals surface area (Å²) in [7, 11) is 0. The van der Waals surface area contributed by atoms with Crippen molar-refractivity contribution >= 4 is 34.6 Å². The minimum absolute atomic E-state index is 0.102. The Morgan fingerprint density at radius 2 is 2.08 bits per heavy atom. The summed E-state index contributed by atoms with van der Waals surface area (Å²) in [5, 5.41) is 12.4. The number of fused-ring (bicyclic) bond motifs is 2. The summed E-state index contributed by atoms with van der Waals surface area (Å²) in [6, 6.07) is 8.11. The van der Waals surface area contributed by atoms with E-state index in [0.717, 1.165) is 12.0 Å². The molecule has 2 atom stereocenters. The lowest BCUT2D eigenvalue weighted by Crippen LogP contribution is -2.32. The van der Waals surface area contributed by atoms with Crippen LogP contribution in [-0.2, 0) is 4.79 Å². The Hall–Kier alpha value is -1.88. The van der Waals surface area contributed by atoms with Crippen LogP contribution in [0, 0.1) is 23.7 Å². The Balaban J connectivity index is 1.55. The topological polar surface area (TPSA) is 53.8 Å². The molecule has 1 amide bonds. The van der Waals surface area contributed by atoms with Gasteiger partial charge in [0.15, 0.2) is 5.17 Å². The van der Waals surface area contributed by atoms with E-state index in [9.17, 15) is 4.79 Å². The van der Waals surface area contributed by atoms with Crippen molar-refractivity contribution in [2.24, 2.45) is 27.0 Å². The molecule has 2 aliphatic carbocycles. The minimum Gasteiger partial charge on any atom is -0.299 e. The third kappa shape index (κ3) is 2.73. The van der Waals surface area contributed by atoms with Gasteiger partial charge in [-0.3, -0.25) is 10.1 Å². The zero-order valence-corrected chi connectivity index (χ0v) is 16.6. The molecule has 0 aromatic heterocycles. The minimum atomic E-state index is -0.102. The standard InChI is InChI=1S/C21H25N3OS/c1-13-6-5-7-14(10-13)11-16-18(25)22-19(26-16)24-23-17-12-15-8-9-21(17,4)20(15,2)3/h5-7,10-11,15H,8-9,12H2,1-4H3,(H,22,24,25)/b16-11+,23-17-/t15-,21-/m0/s1. The van der Waals surface area contributed by atoms with E-state index < -0.39 is 0 Å². The fraction of sp³-hybridized carbons (Fsp3) is 0.476. The highest BCUT2D eigenvalue weighted by molar-refractivity contribution is 8.18. The summed E-state index contributed by atoms with van der Waals surface area (Å²) in [5.41, 5.74) is 3.81. The summed E-state index contributed by atoms with van der Waals surface area (Å²) in [4.78, 5) is 12.9. The highest BCUT2D eigenvalue weighted by Crippen LogP contribution is 2.64. The third-order valence-electron chi connectivity index (χ3n) is 6.76. The van der Waals surface area contributed by atoms with Crippen LogP contribution in [0.2, 0.25) is 0 Å². The molecule has 0 spiro atoms. The van der Waals surface area contributed by atoms with Crippen molar-refractivity contribution in [3.63, 3.8) is 0 Å². The van der Waals surface area contributed by atoms with Crippen molar-refractivity contribution < 1.29 is 4.79 Å². The van der Waals surface area contributed by atoms with Gasteiger partial charge >= 0.3 is 0 Å².